The molecule has 11 heteroatoms. The first-order valence-electron chi connectivity index (χ1n) is 9.92. The van der Waals surface area contributed by atoms with Crippen LogP contribution in [0.5, 0.6) is 0 Å². The van der Waals surface area contributed by atoms with E-state index in [-0.39, 0.29) is 44.1 Å². The van der Waals surface area contributed by atoms with Crippen molar-refractivity contribution in [2.45, 2.75) is 71.5 Å². The largest absolute Gasteiger partial charge is 0.481 e. The molecular weight excluding hydrogens is 396 g/mol. The van der Waals surface area contributed by atoms with E-state index >= 15 is 0 Å². The molecule has 30 heavy (non-hydrogen) atoms. The maximum atomic E-state index is 12.7. The van der Waals surface area contributed by atoms with Gasteiger partial charge in [-0.2, -0.15) is 0 Å². The number of aliphatic carboxylic acids is 2. The van der Waals surface area contributed by atoms with E-state index in [1.807, 2.05) is 27.7 Å². The maximum absolute atomic E-state index is 12.7. The Morgan fingerprint density at radius 3 is 1.67 bits per heavy atom. The topological polar surface area (TPSA) is 188 Å². The van der Waals surface area contributed by atoms with Gasteiger partial charge in [-0.1, -0.05) is 27.7 Å². The average molecular weight is 431 g/mol. The monoisotopic (exact) mass is 430 g/mol. The fraction of sp³-hybridized carbons (Fsp3) is 0.737. The minimum Gasteiger partial charge on any atom is -0.481 e. The van der Waals surface area contributed by atoms with Crippen LogP contribution in [0.2, 0.25) is 0 Å². The van der Waals surface area contributed by atoms with Crippen molar-refractivity contribution < 1.29 is 34.2 Å². The van der Waals surface area contributed by atoms with Crippen LogP contribution in [0.25, 0.3) is 0 Å². The molecule has 0 saturated carbocycles. The Labute approximate surface area is 176 Å². The van der Waals surface area contributed by atoms with E-state index in [2.05, 4.69) is 16.0 Å². The number of carbonyl (C=O) groups excluding carboxylic acids is 3. The van der Waals surface area contributed by atoms with Gasteiger partial charge in [0.2, 0.25) is 17.7 Å². The zero-order valence-electron chi connectivity index (χ0n) is 17.9. The van der Waals surface area contributed by atoms with E-state index in [9.17, 15) is 29.1 Å². The van der Waals surface area contributed by atoms with Gasteiger partial charge in [0.1, 0.15) is 18.1 Å². The van der Waals surface area contributed by atoms with Crippen LogP contribution in [0.1, 0.15) is 53.4 Å². The van der Waals surface area contributed by atoms with Gasteiger partial charge in [-0.05, 0) is 31.1 Å². The molecule has 0 heterocycles. The third-order valence-electron chi connectivity index (χ3n) is 4.15. The summed E-state index contributed by atoms with van der Waals surface area (Å²) in [5.41, 5.74) is 5.23. The molecule has 11 nitrogen and oxygen atoms in total. The average Bonchev–Trinajstić information content (AvgIpc) is 2.62. The summed E-state index contributed by atoms with van der Waals surface area (Å²) in [5, 5.41) is 25.5. The highest BCUT2D eigenvalue weighted by atomic mass is 16.4. The van der Waals surface area contributed by atoms with Crippen LogP contribution in [0.15, 0.2) is 0 Å². The van der Waals surface area contributed by atoms with Crippen molar-refractivity contribution in [3.63, 3.8) is 0 Å². The molecule has 0 radical (unpaired) electrons. The first-order chi connectivity index (χ1) is 13.9. The van der Waals surface area contributed by atoms with Crippen molar-refractivity contribution in [3.8, 4) is 0 Å². The first kappa shape index (κ1) is 27.3. The van der Waals surface area contributed by atoms with Crippen LogP contribution < -0.4 is 21.7 Å². The number of carboxylic acid groups (broad SMARTS) is 2. The van der Waals surface area contributed by atoms with Crippen molar-refractivity contribution in [3.05, 3.63) is 0 Å². The van der Waals surface area contributed by atoms with Crippen molar-refractivity contribution in [2.75, 3.05) is 6.54 Å². The SMILES string of the molecule is CC(C)CC(NC(=O)C(CC(C)C)NC(=O)C(CCC(=O)O)NC(=O)CN)C(=O)O. The molecule has 0 rings (SSSR count). The molecule has 3 amide bonds. The Hall–Kier alpha value is -2.69. The summed E-state index contributed by atoms with van der Waals surface area (Å²) >= 11 is 0. The standard InChI is InChI=1S/C19H34N4O7/c1-10(2)7-13(18(28)23-14(19(29)30)8-11(3)4)22-17(27)12(5-6-16(25)26)21-15(24)9-20/h10-14H,5-9,20H2,1-4H3,(H,21,24)(H,22,27)(H,23,28)(H,25,26)(H,29,30). The zero-order valence-corrected chi connectivity index (χ0v) is 17.9. The number of rotatable bonds is 14. The number of nitrogens with two attached hydrogens (primary N) is 1. The lowest BCUT2D eigenvalue weighted by Crippen LogP contribution is -2.56. The Morgan fingerprint density at radius 1 is 0.767 bits per heavy atom. The lowest BCUT2D eigenvalue weighted by molar-refractivity contribution is -0.143. The maximum Gasteiger partial charge on any atom is 0.326 e. The van der Waals surface area contributed by atoms with E-state index in [4.69, 9.17) is 10.8 Å². The molecule has 0 fully saturated rings. The number of carboxylic acids is 2. The van der Waals surface area contributed by atoms with Gasteiger partial charge in [-0.25, -0.2) is 4.79 Å². The minimum atomic E-state index is -1.19. The van der Waals surface area contributed by atoms with Gasteiger partial charge >= 0.3 is 11.9 Å². The summed E-state index contributed by atoms with van der Waals surface area (Å²) < 4.78 is 0. The quantitative estimate of drug-likeness (QED) is 0.211. The molecule has 7 N–H and O–H groups in total. The van der Waals surface area contributed by atoms with Crippen LogP contribution >= 0.6 is 0 Å². The first-order valence-corrected chi connectivity index (χ1v) is 9.92. The Morgan fingerprint density at radius 2 is 1.23 bits per heavy atom. The fourth-order valence-electron chi connectivity index (χ4n) is 2.73. The summed E-state index contributed by atoms with van der Waals surface area (Å²) in [5.74, 6) is -4.36. The van der Waals surface area contributed by atoms with Crippen molar-refractivity contribution in [1.29, 1.82) is 0 Å². The van der Waals surface area contributed by atoms with Crippen LogP contribution in [-0.2, 0) is 24.0 Å². The van der Waals surface area contributed by atoms with Crippen molar-refractivity contribution in [2.24, 2.45) is 17.6 Å². The van der Waals surface area contributed by atoms with E-state index in [1.165, 1.54) is 0 Å². The summed E-state index contributed by atoms with van der Waals surface area (Å²) in [4.78, 5) is 59.2. The predicted octanol–water partition coefficient (Wildman–Crippen LogP) is -0.559. The summed E-state index contributed by atoms with van der Waals surface area (Å²) in [6, 6.07) is -3.34. The lowest BCUT2D eigenvalue weighted by atomic mass is 10.00. The number of carbonyl (C=O) groups is 5. The van der Waals surface area contributed by atoms with Gasteiger partial charge in [0, 0.05) is 6.42 Å². The predicted molar refractivity (Wildman–Crippen MR) is 108 cm³/mol. The highest BCUT2D eigenvalue weighted by Gasteiger charge is 2.30. The summed E-state index contributed by atoms with van der Waals surface area (Å²) in [7, 11) is 0. The molecule has 0 spiro atoms. The van der Waals surface area contributed by atoms with E-state index < -0.39 is 47.8 Å². The second kappa shape index (κ2) is 13.5. The molecule has 0 saturated heterocycles. The third kappa shape index (κ3) is 11.3. The van der Waals surface area contributed by atoms with E-state index in [0.717, 1.165) is 0 Å². The third-order valence-corrected chi connectivity index (χ3v) is 4.15. The Kier molecular flexibility index (Phi) is 12.3. The number of nitrogens with one attached hydrogen (secondary N) is 3. The van der Waals surface area contributed by atoms with E-state index in [1.54, 1.807) is 0 Å². The van der Waals surface area contributed by atoms with Crippen molar-refractivity contribution >= 4 is 29.7 Å². The number of amides is 3. The van der Waals surface area contributed by atoms with Gasteiger partial charge in [0.25, 0.3) is 0 Å². The lowest BCUT2D eigenvalue weighted by Gasteiger charge is -2.25. The molecule has 0 aliphatic heterocycles. The molecule has 3 unspecified atom stereocenters. The van der Waals surface area contributed by atoms with Crippen LogP contribution in [0, 0.1) is 11.8 Å². The van der Waals surface area contributed by atoms with Crippen LogP contribution in [-0.4, -0.2) is 64.5 Å². The zero-order chi connectivity index (χ0) is 23.4. The second-order valence-corrected chi connectivity index (χ2v) is 7.98. The van der Waals surface area contributed by atoms with Gasteiger partial charge in [-0.3, -0.25) is 19.2 Å². The molecule has 172 valence electrons. The second-order valence-electron chi connectivity index (χ2n) is 7.98. The Balaban J connectivity index is 5.39. The summed E-state index contributed by atoms with van der Waals surface area (Å²) in [6.07, 6.45) is -0.118. The normalized spacial score (nSPS) is 14.0. The van der Waals surface area contributed by atoms with Crippen molar-refractivity contribution in [1.82, 2.24) is 16.0 Å². The highest BCUT2D eigenvalue weighted by molar-refractivity contribution is 5.93. The molecule has 0 aromatic rings. The van der Waals surface area contributed by atoms with Gasteiger partial charge in [0.05, 0.1) is 6.54 Å². The molecule has 0 aromatic carbocycles. The van der Waals surface area contributed by atoms with Crippen LogP contribution in [0.3, 0.4) is 0 Å². The smallest absolute Gasteiger partial charge is 0.326 e. The molecule has 0 aromatic heterocycles. The molecule has 0 aliphatic carbocycles. The minimum absolute atomic E-state index is 0.00877. The van der Waals surface area contributed by atoms with Gasteiger partial charge < -0.3 is 31.9 Å². The molecule has 0 aliphatic rings. The Bertz CT molecular complexity index is 622. The molecular formula is C19H34N4O7. The van der Waals surface area contributed by atoms with Gasteiger partial charge in [0.15, 0.2) is 0 Å². The number of hydrogen-bond donors (Lipinski definition) is 6. The van der Waals surface area contributed by atoms with Crippen LogP contribution in [0.4, 0.5) is 0 Å². The molecule has 3 atom stereocenters. The fourth-order valence-corrected chi connectivity index (χ4v) is 2.73. The molecule has 0 bridgehead atoms. The number of hydrogen-bond acceptors (Lipinski definition) is 6. The van der Waals surface area contributed by atoms with E-state index in [0.29, 0.717) is 0 Å². The highest BCUT2D eigenvalue weighted by Crippen LogP contribution is 2.10. The van der Waals surface area contributed by atoms with Gasteiger partial charge in [-0.15, -0.1) is 0 Å². The summed E-state index contributed by atoms with van der Waals surface area (Å²) in [6.45, 7) is 6.91.